The highest BCUT2D eigenvalue weighted by molar-refractivity contribution is 6.29. The summed E-state index contributed by atoms with van der Waals surface area (Å²) in [7, 11) is 1.71. The van der Waals surface area contributed by atoms with Gasteiger partial charge in [0.25, 0.3) is 0 Å². The van der Waals surface area contributed by atoms with Crippen molar-refractivity contribution < 1.29 is 9.90 Å². The Labute approximate surface area is 84.0 Å². The van der Waals surface area contributed by atoms with E-state index in [2.05, 4.69) is 9.97 Å². The molecule has 0 aliphatic rings. The Kier molecular flexibility index (Phi) is 1.89. The second-order valence-corrected chi connectivity index (χ2v) is 3.15. The Hall–Kier alpha value is -1.62. The number of aryl methyl sites for hydroxylation is 1. The van der Waals surface area contributed by atoms with Gasteiger partial charge in [0, 0.05) is 13.2 Å². The van der Waals surface area contributed by atoms with Crippen LogP contribution in [0.4, 0.5) is 0 Å². The molecule has 2 aromatic heterocycles. The average Bonchev–Trinajstić information content (AvgIpc) is 2.42. The van der Waals surface area contributed by atoms with Gasteiger partial charge in [0.05, 0.1) is 5.56 Å². The quantitative estimate of drug-likeness (QED) is 0.773. The van der Waals surface area contributed by atoms with Crippen LogP contribution in [0.15, 0.2) is 12.3 Å². The van der Waals surface area contributed by atoms with Crippen LogP contribution < -0.4 is 0 Å². The molecule has 72 valence electrons. The van der Waals surface area contributed by atoms with E-state index in [-0.39, 0.29) is 10.8 Å². The van der Waals surface area contributed by atoms with Gasteiger partial charge < -0.3 is 9.67 Å². The van der Waals surface area contributed by atoms with Crippen molar-refractivity contribution in [2.24, 2.45) is 7.05 Å². The highest BCUT2D eigenvalue weighted by atomic mass is 35.5. The molecule has 0 aliphatic carbocycles. The molecular weight excluding hydrogens is 206 g/mol. The minimum Gasteiger partial charge on any atom is -0.478 e. The molecule has 2 heterocycles. The van der Waals surface area contributed by atoms with Crippen LogP contribution in [0, 0.1) is 0 Å². The summed E-state index contributed by atoms with van der Waals surface area (Å²) in [6, 6.07) is 1.44. The molecule has 0 atom stereocenters. The highest BCUT2D eigenvalue weighted by Gasteiger charge is 2.10. The largest absolute Gasteiger partial charge is 0.478 e. The second-order valence-electron chi connectivity index (χ2n) is 2.81. The topological polar surface area (TPSA) is 68.0 Å². The predicted molar refractivity (Wildman–Crippen MR) is 50.5 cm³/mol. The number of fused-ring (bicyclic) bond motifs is 1. The number of carboxylic acids is 1. The van der Waals surface area contributed by atoms with Gasteiger partial charge in [-0.05, 0) is 17.7 Å². The molecule has 0 saturated heterocycles. The standard InChI is InChI=1S/C8H6ClN3O2/c1-12-6-5(11-8(12)9)2-4(3-10-6)7(13)14/h2-3H,1H3,(H,13,14). The molecule has 5 nitrogen and oxygen atoms in total. The zero-order chi connectivity index (χ0) is 10.3. The van der Waals surface area contributed by atoms with Gasteiger partial charge in [-0.25, -0.2) is 14.8 Å². The molecule has 0 aromatic carbocycles. The summed E-state index contributed by atoms with van der Waals surface area (Å²) in [5.41, 5.74) is 1.16. The van der Waals surface area contributed by atoms with E-state index < -0.39 is 5.97 Å². The van der Waals surface area contributed by atoms with Crippen LogP contribution in [0.3, 0.4) is 0 Å². The maximum absolute atomic E-state index is 10.6. The van der Waals surface area contributed by atoms with Crippen LogP contribution in [0.2, 0.25) is 5.28 Å². The Balaban J connectivity index is 2.73. The van der Waals surface area contributed by atoms with E-state index in [1.807, 2.05) is 0 Å². The number of carbonyl (C=O) groups is 1. The van der Waals surface area contributed by atoms with Crippen molar-refractivity contribution in [3.8, 4) is 0 Å². The van der Waals surface area contributed by atoms with E-state index in [1.54, 1.807) is 11.6 Å². The maximum atomic E-state index is 10.6. The molecule has 0 saturated carbocycles. The molecule has 0 spiro atoms. The van der Waals surface area contributed by atoms with Crippen LogP contribution in [-0.2, 0) is 7.05 Å². The zero-order valence-electron chi connectivity index (χ0n) is 7.23. The lowest BCUT2D eigenvalue weighted by Crippen LogP contribution is -1.97. The van der Waals surface area contributed by atoms with Crippen LogP contribution in [0.1, 0.15) is 10.4 Å². The van der Waals surface area contributed by atoms with Crippen molar-refractivity contribution in [2.45, 2.75) is 0 Å². The molecule has 0 radical (unpaired) electrons. The number of nitrogens with zero attached hydrogens (tertiary/aromatic N) is 3. The van der Waals surface area contributed by atoms with Crippen molar-refractivity contribution >= 4 is 28.7 Å². The fourth-order valence-corrected chi connectivity index (χ4v) is 1.34. The highest BCUT2D eigenvalue weighted by Crippen LogP contribution is 2.16. The van der Waals surface area contributed by atoms with Crippen molar-refractivity contribution in [3.05, 3.63) is 23.1 Å². The lowest BCUT2D eigenvalue weighted by atomic mass is 10.3. The third-order valence-corrected chi connectivity index (χ3v) is 2.24. The van der Waals surface area contributed by atoms with Crippen LogP contribution >= 0.6 is 11.6 Å². The van der Waals surface area contributed by atoms with Gasteiger partial charge in [0.1, 0.15) is 5.52 Å². The summed E-state index contributed by atoms with van der Waals surface area (Å²) < 4.78 is 1.59. The first-order chi connectivity index (χ1) is 6.59. The molecular formula is C8H6ClN3O2. The summed E-state index contributed by atoms with van der Waals surface area (Å²) in [5.74, 6) is -1.03. The van der Waals surface area contributed by atoms with Gasteiger partial charge in [-0.3, -0.25) is 0 Å². The summed E-state index contributed by atoms with van der Waals surface area (Å²) in [6.07, 6.45) is 1.28. The molecule has 2 aromatic rings. The molecule has 0 bridgehead atoms. The van der Waals surface area contributed by atoms with Crippen LogP contribution in [-0.4, -0.2) is 25.6 Å². The second kappa shape index (κ2) is 2.95. The van der Waals surface area contributed by atoms with Gasteiger partial charge in [-0.1, -0.05) is 0 Å². The minimum absolute atomic E-state index is 0.104. The monoisotopic (exact) mass is 211 g/mol. The fraction of sp³-hybridized carbons (Fsp3) is 0.125. The van der Waals surface area contributed by atoms with E-state index in [4.69, 9.17) is 16.7 Å². The summed E-state index contributed by atoms with van der Waals surface area (Å²) in [5, 5.41) is 9.00. The predicted octanol–water partition coefficient (Wildman–Crippen LogP) is 1.32. The van der Waals surface area contributed by atoms with Gasteiger partial charge in [-0.15, -0.1) is 0 Å². The van der Waals surface area contributed by atoms with E-state index in [1.165, 1.54) is 12.3 Å². The van der Waals surface area contributed by atoms with Crippen LogP contribution in [0.5, 0.6) is 0 Å². The first kappa shape index (κ1) is 8.96. The third-order valence-electron chi connectivity index (χ3n) is 1.90. The Morgan fingerprint density at radius 1 is 1.64 bits per heavy atom. The average molecular weight is 212 g/mol. The molecule has 14 heavy (non-hydrogen) atoms. The van der Waals surface area contributed by atoms with E-state index in [9.17, 15) is 4.79 Å². The molecule has 1 N–H and O–H groups in total. The zero-order valence-corrected chi connectivity index (χ0v) is 7.99. The molecule has 0 fully saturated rings. The molecule has 2 rings (SSSR count). The minimum atomic E-state index is -1.03. The number of carboxylic acid groups (broad SMARTS) is 1. The maximum Gasteiger partial charge on any atom is 0.337 e. The lowest BCUT2D eigenvalue weighted by Gasteiger charge is -1.95. The number of hydrogen-bond donors (Lipinski definition) is 1. The summed E-state index contributed by atoms with van der Waals surface area (Å²) in [4.78, 5) is 18.5. The van der Waals surface area contributed by atoms with Gasteiger partial charge in [0.2, 0.25) is 5.28 Å². The number of pyridine rings is 1. The van der Waals surface area contributed by atoms with Crippen molar-refractivity contribution in [2.75, 3.05) is 0 Å². The van der Waals surface area contributed by atoms with Crippen molar-refractivity contribution in [1.29, 1.82) is 0 Å². The number of hydrogen-bond acceptors (Lipinski definition) is 3. The SMILES string of the molecule is Cn1c(Cl)nc2cc(C(=O)O)cnc21. The molecule has 0 unspecified atom stereocenters. The number of halogens is 1. The van der Waals surface area contributed by atoms with E-state index in [0.717, 1.165) is 0 Å². The van der Waals surface area contributed by atoms with Gasteiger partial charge >= 0.3 is 5.97 Å². The smallest absolute Gasteiger partial charge is 0.337 e. The number of aromatic nitrogens is 3. The molecule has 0 amide bonds. The van der Waals surface area contributed by atoms with E-state index in [0.29, 0.717) is 11.2 Å². The number of rotatable bonds is 1. The molecule has 0 aliphatic heterocycles. The lowest BCUT2D eigenvalue weighted by molar-refractivity contribution is 0.0696. The Morgan fingerprint density at radius 3 is 3.00 bits per heavy atom. The Morgan fingerprint density at radius 2 is 2.36 bits per heavy atom. The first-order valence-electron chi connectivity index (χ1n) is 3.81. The third kappa shape index (κ3) is 1.22. The van der Waals surface area contributed by atoms with E-state index >= 15 is 0 Å². The van der Waals surface area contributed by atoms with Crippen molar-refractivity contribution in [3.63, 3.8) is 0 Å². The fourth-order valence-electron chi connectivity index (χ4n) is 1.17. The van der Waals surface area contributed by atoms with Gasteiger partial charge in [-0.2, -0.15) is 0 Å². The Bertz CT molecular complexity index is 521. The first-order valence-corrected chi connectivity index (χ1v) is 4.18. The summed E-state index contributed by atoms with van der Waals surface area (Å²) >= 11 is 5.75. The van der Waals surface area contributed by atoms with Gasteiger partial charge in [0.15, 0.2) is 5.65 Å². The van der Waals surface area contributed by atoms with Crippen LogP contribution in [0.25, 0.3) is 11.2 Å². The summed E-state index contributed by atoms with van der Waals surface area (Å²) in [6.45, 7) is 0. The molecule has 6 heteroatoms. The van der Waals surface area contributed by atoms with Crippen molar-refractivity contribution in [1.82, 2.24) is 14.5 Å². The number of imidazole rings is 1. The number of aromatic carboxylic acids is 1. The normalized spacial score (nSPS) is 10.7.